The van der Waals surface area contributed by atoms with E-state index in [-0.39, 0.29) is 37.1 Å². The fourth-order valence-electron chi connectivity index (χ4n) is 4.37. The number of nitrogens with zero attached hydrogens (tertiary/aromatic N) is 2. The number of carboxylic acid groups (broad SMARTS) is 1. The SMILES string of the molecule is O=C(O)c1ccc(N2CC(N3CCC(C(F)(F)F)CC3)CC[C@H]2COC(F)F)cc1. The minimum Gasteiger partial charge on any atom is -0.478 e. The molecular formula is C20H25F5N2O3. The quantitative estimate of drug-likeness (QED) is 0.677. The van der Waals surface area contributed by atoms with Gasteiger partial charge in [0.2, 0.25) is 0 Å². The standard InChI is InChI=1S/C20H25F5N2O3/c21-19(22)30-12-17-6-5-16(26-9-7-14(8-10-26)20(23,24)25)11-27(17)15-3-1-13(2-4-15)18(28)29/h1-4,14,16-17,19H,5-12H2,(H,28,29)/t16?,17-/m0/s1. The highest BCUT2D eigenvalue weighted by molar-refractivity contribution is 5.88. The van der Waals surface area contributed by atoms with Gasteiger partial charge in [-0.2, -0.15) is 22.0 Å². The first-order valence-corrected chi connectivity index (χ1v) is 9.95. The van der Waals surface area contributed by atoms with Crippen LogP contribution in [0, 0.1) is 5.92 Å². The van der Waals surface area contributed by atoms with Gasteiger partial charge < -0.3 is 14.7 Å². The maximum absolute atomic E-state index is 12.9. The Morgan fingerprint density at radius 3 is 2.27 bits per heavy atom. The number of hydrogen-bond acceptors (Lipinski definition) is 4. The van der Waals surface area contributed by atoms with Crippen LogP contribution >= 0.6 is 0 Å². The lowest BCUT2D eigenvalue weighted by molar-refractivity contribution is -0.186. The van der Waals surface area contributed by atoms with Gasteiger partial charge in [-0.15, -0.1) is 0 Å². The zero-order valence-corrected chi connectivity index (χ0v) is 16.3. The zero-order chi connectivity index (χ0) is 21.9. The Hall–Kier alpha value is -1.94. The van der Waals surface area contributed by atoms with Crippen LogP contribution in [0.25, 0.3) is 0 Å². The van der Waals surface area contributed by atoms with Gasteiger partial charge in [0, 0.05) is 18.3 Å². The third-order valence-electron chi connectivity index (χ3n) is 6.05. The number of hydrogen-bond donors (Lipinski definition) is 1. The predicted octanol–water partition coefficient (Wildman–Crippen LogP) is 4.24. The Morgan fingerprint density at radius 2 is 1.73 bits per heavy atom. The van der Waals surface area contributed by atoms with E-state index in [1.165, 1.54) is 12.1 Å². The van der Waals surface area contributed by atoms with Gasteiger partial charge in [0.25, 0.3) is 0 Å². The fraction of sp³-hybridized carbons (Fsp3) is 0.650. The zero-order valence-electron chi connectivity index (χ0n) is 16.3. The van der Waals surface area contributed by atoms with Crippen molar-refractivity contribution >= 4 is 11.7 Å². The summed E-state index contributed by atoms with van der Waals surface area (Å²) in [6.45, 7) is -1.92. The second kappa shape index (κ2) is 9.47. The molecule has 2 aliphatic rings. The summed E-state index contributed by atoms with van der Waals surface area (Å²) in [6.07, 6.45) is -2.82. The predicted molar refractivity (Wildman–Crippen MR) is 99.9 cm³/mol. The van der Waals surface area contributed by atoms with Crippen LogP contribution in [0.2, 0.25) is 0 Å². The van der Waals surface area contributed by atoms with Crippen LogP contribution in [-0.4, -0.2) is 67.1 Å². The molecule has 5 nitrogen and oxygen atoms in total. The van der Waals surface area contributed by atoms with Crippen LogP contribution in [0.3, 0.4) is 0 Å². The summed E-state index contributed by atoms with van der Waals surface area (Å²) in [6, 6.07) is 5.82. The highest BCUT2D eigenvalue weighted by Gasteiger charge is 2.42. The second-order valence-electron chi connectivity index (χ2n) is 7.84. The number of benzene rings is 1. The maximum atomic E-state index is 12.9. The average Bonchev–Trinajstić information content (AvgIpc) is 2.71. The first-order valence-electron chi connectivity index (χ1n) is 9.95. The van der Waals surface area contributed by atoms with E-state index >= 15 is 0 Å². The van der Waals surface area contributed by atoms with Gasteiger partial charge in [0.15, 0.2) is 0 Å². The van der Waals surface area contributed by atoms with E-state index in [1.807, 2.05) is 9.80 Å². The molecule has 30 heavy (non-hydrogen) atoms. The first-order chi connectivity index (χ1) is 14.1. The Bertz CT molecular complexity index is 705. The van der Waals surface area contributed by atoms with Crippen molar-refractivity contribution in [2.45, 2.75) is 50.6 Å². The number of likely N-dealkylation sites (tertiary alicyclic amines) is 1. The summed E-state index contributed by atoms with van der Waals surface area (Å²) in [4.78, 5) is 15.0. The molecule has 1 aromatic rings. The van der Waals surface area contributed by atoms with Crippen molar-refractivity contribution < 1.29 is 36.6 Å². The molecule has 0 saturated carbocycles. The van der Waals surface area contributed by atoms with Crippen molar-refractivity contribution in [1.29, 1.82) is 0 Å². The molecule has 1 unspecified atom stereocenters. The summed E-state index contributed by atoms with van der Waals surface area (Å²) in [5, 5.41) is 9.07. The Kier molecular flexibility index (Phi) is 7.18. The lowest BCUT2D eigenvalue weighted by Gasteiger charge is -2.46. The van der Waals surface area contributed by atoms with Crippen LogP contribution in [0.4, 0.5) is 27.6 Å². The molecule has 0 bridgehead atoms. The van der Waals surface area contributed by atoms with Crippen LogP contribution in [-0.2, 0) is 4.74 Å². The molecule has 1 N–H and O–H groups in total. The molecular weight excluding hydrogens is 411 g/mol. The van der Waals surface area contributed by atoms with E-state index in [1.54, 1.807) is 12.1 Å². The van der Waals surface area contributed by atoms with Crippen molar-refractivity contribution in [2.24, 2.45) is 5.92 Å². The highest BCUT2D eigenvalue weighted by atomic mass is 19.4. The number of carboxylic acids is 1. The van der Waals surface area contributed by atoms with Crippen LogP contribution in [0.15, 0.2) is 24.3 Å². The summed E-state index contributed by atoms with van der Waals surface area (Å²) in [5.74, 6) is -2.34. The molecule has 1 aromatic carbocycles. The molecule has 10 heteroatoms. The number of anilines is 1. The monoisotopic (exact) mass is 436 g/mol. The third-order valence-corrected chi connectivity index (χ3v) is 6.05. The second-order valence-corrected chi connectivity index (χ2v) is 7.84. The van der Waals surface area contributed by atoms with Gasteiger partial charge in [-0.25, -0.2) is 4.79 Å². The van der Waals surface area contributed by atoms with E-state index < -0.39 is 24.7 Å². The van der Waals surface area contributed by atoms with E-state index in [4.69, 9.17) is 5.11 Å². The molecule has 0 radical (unpaired) electrons. The maximum Gasteiger partial charge on any atom is 0.391 e. The molecule has 2 aliphatic heterocycles. The lowest BCUT2D eigenvalue weighted by atomic mass is 9.91. The smallest absolute Gasteiger partial charge is 0.391 e. The topological polar surface area (TPSA) is 53.0 Å². The number of aromatic carboxylic acids is 1. The van der Waals surface area contributed by atoms with Gasteiger partial charge in [-0.3, -0.25) is 4.90 Å². The number of rotatable bonds is 6. The highest BCUT2D eigenvalue weighted by Crippen LogP contribution is 2.36. The molecule has 3 rings (SSSR count). The average molecular weight is 436 g/mol. The minimum atomic E-state index is -4.17. The first kappa shape index (κ1) is 22.7. The number of halogens is 5. The Morgan fingerprint density at radius 1 is 1.10 bits per heavy atom. The largest absolute Gasteiger partial charge is 0.478 e. The summed E-state index contributed by atoms with van der Waals surface area (Å²) >= 11 is 0. The molecule has 0 spiro atoms. The Balaban J connectivity index is 1.70. The van der Waals surface area contributed by atoms with Crippen molar-refractivity contribution in [3.63, 3.8) is 0 Å². The van der Waals surface area contributed by atoms with E-state index in [2.05, 4.69) is 4.74 Å². The van der Waals surface area contributed by atoms with Crippen molar-refractivity contribution in [3.8, 4) is 0 Å². The fourth-order valence-corrected chi connectivity index (χ4v) is 4.37. The molecule has 2 fully saturated rings. The molecule has 0 aromatic heterocycles. The van der Waals surface area contributed by atoms with E-state index in [0.717, 1.165) is 0 Å². The van der Waals surface area contributed by atoms with Crippen LogP contribution in [0.5, 0.6) is 0 Å². The van der Waals surface area contributed by atoms with Gasteiger partial charge in [-0.05, 0) is 63.0 Å². The minimum absolute atomic E-state index is 0.00105. The van der Waals surface area contributed by atoms with Crippen molar-refractivity contribution in [3.05, 3.63) is 29.8 Å². The lowest BCUT2D eigenvalue weighted by Crippen LogP contribution is -2.55. The van der Waals surface area contributed by atoms with Gasteiger partial charge in [0.1, 0.15) is 0 Å². The van der Waals surface area contributed by atoms with Gasteiger partial charge >= 0.3 is 18.8 Å². The molecule has 2 atom stereocenters. The Labute approximate surface area is 171 Å². The van der Waals surface area contributed by atoms with Gasteiger partial charge in [-0.1, -0.05) is 0 Å². The van der Waals surface area contributed by atoms with Crippen molar-refractivity contribution in [1.82, 2.24) is 4.90 Å². The van der Waals surface area contributed by atoms with E-state index in [9.17, 15) is 26.7 Å². The number of carbonyl (C=O) groups is 1. The summed E-state index contributed by atoms with van der Waals surface area (Å²) in [7, 11) is 0. The summed E-state index contributed by atoms with van der Waals surface area (Å²) < 4.78 is 68.5. The number of ether oxygens (including phenoxy) is 1. The molecule has 2 heterocycles. The molecule has 0 aliphatic carbocycles. The number of alkyl halides is 5. The number of piperidine rings is 2. The van der Waals surface area contributed by atoms with Gasteiger partial charge in [0.05, 0.1) is 24.1 Å². The molecule has 2 saturated heterocycles. The van der Waals surface area contributed by atoms with Crippen LogP contribution in [0.1, 0.15) is 36.0 Å². The normalized spacial score (nSPS) is 24.4. The third kappa shape index (κ3) is 5.60. The summed E-state index contributed by atoms with van der Waals surface area (Å²) in [5.41, 5.74) is 0.791. The van der Waals surface area contributed by atoms with Crippen LogP contribution < -0.4 is 4.90 Å². The van der Waals surface area contributed by atoms with E-state index in [0.29, 0.717) is 38.2 Å². The van der Waals surface area contributed by atoms with Crippen molar-refractivity contribution in [2.75, 3.05) is 31.1 Å². The molecule has 168 valence electrons. The molecule has 0 amide bonds.